The molecule has 7 N–H and O–H groups in total. The van der Waals surface area contributed by atoms with E-state index in [0.717, 1.165) is 0 Å². The summed E-state index contributed by atoms with van der Waals surface area (Å²) >= 11 is 3.98. The fourth-order valence-corrected chi connectivity index (χ4v) is 2.07. The van der Waals surface area contributed by atoms with Crippen LogP contribution in [0.3, 0.4) is 0 Å². The number of aliphatic carboxylic acids is 1. The Morgan fingerprint density at radius 1 is 1.04 bits per heavy atom. The van der Waals surface area contributed by atoms with Gasteiger partial charge in [-0.2, -0.15) is 12.6 Å². The highest BCUT2D eigenvalue weighted by Gasteiger charge is 2.27. The maximum Gasteiger partial charge on any atom is 0.322 e. The standard InChI is InChI=1S/C14H26N4O6S/c1-7(2)3-9(13(23)16-4-11(20)21)17-14(24)10(6-25)18-12(22)8(15)5-19/h7-10,19,25H,3-6,15H2,1-2H3,(H,16,23)(H,17,24)(H,18,22)(H,20,21). The first kappa shape index (κ1) is 23.1. The molecule has 10 nitrogen and oxygen atoms in total. The number of rotatable bonds is 11. The molecule has 0 rings (SSSR count). The number of carbonyl (C=O) groups is 4. The summed E-state index contributed by atoms with van der Waals surface area (Å²) in [5.41, 5.74) is 5.36. The molecule has 0 bridgehead atoms. The maximum absolute atomic E-state index is 12.3. The average molecular weight is 378 g/mol. The number of carbonyl (C=O) groups excluding carboxylic acids is 3. The fourth-order valence-electron chi connectivity index (χ4n) is 1.82. The van der Waals surface area contributed by atoms with Crippen LogP contribution in [0.25, 0.3) is 0 Å². The summed E-state index contributed by atoms with van der Waals surface area (Å²) in [6, 6.07) is -3.20. The molecular formula is C14H26N4O6S. The van der Waals surface area contributed by atoms with Crippen LogP contribution in [0.5, 0.6) is 0 Å². The van der Waals surface area contributed by atoms with Gasteiger partial charge >= 0.3 is 5.97 Å². The van der Waals surface area contributed by atoms with E-state index in [2.05, 4.69) is 28.6 Å². The minimum absolute atomic E-state index is 0.0488. The Bertz CT molecular complexity index is 488. The average Bonchev–Trinajstić information content (AvgIpc) is 2.54. The SMILES string of the molecule is CC(C)CC(NC(=O)C(CS)NC(=O)C(N)CO)C(=O)NCC(=O)O. The van der Waals surface area contributed by atoms with E-state index < -0.39 is 55.0 Å². The molecule has 0 saturated carbocycles. The van der Waals surface area contributed by atoms with Crippen LogP contribution >= 0.6 is 12.6 Å². The quantitative estimate of drug-likeness (QED) is 0.194. The monoisotopic (exact) mass is 378 g/mol. The molecule has 0 aliphatic rings. The molecule has 0 fully saturated rings. The zero-order chi connectivity index (χ0) is 19.6. The van der Waals surface area contributed by atoms with E-state index in [1.54, 1.807) is 0 Å². The number of nitrogens with one attached hydrogen (secondary N) is 3. The van der Waals surface area contributed by atoms with Crippen LogP contribution in [0.2, 0.25) is 0 Å². The number of nitrogens with two attached hydrogens (primary N) is 1. The predicted octanol–water partition coefficient (Wildman–Crippen LogP) is -2.55. The summed E-state index contributed by atoms with van der Waals surface area (Å²) in [7, 11) is 0. The predicted molar refractivity (Wildman–Crippen MR) is 92.9 cm³/mol. The van der Waals surface area contributed by atoms with Crippen LogP contribution in [-0.4, -0.2) is 70.9 Å². The summed E-state index contributed by atoms with van der Waals surface area (Å²) in [5, 5.41) is 24.5. The first-order valence-electron chi connectivity index (χ1n) is 7.69. The Labute approximate surface area is 151 Å². The Balaban J connectivity index is 4.93. The van der Waals surface area contributed by atoms with Gasteiger partial charge in [0.05, 0.1) is 6.61 Å². The highest BCUT2D eigenvalue weighted by atomic mass is 32.1. The Kier molecular flexibility index (Phi) is 10.8. The second-order valence-corrected chi connectivity index (χ2v) is 6.20. The molecule has 0 spiro atoms. The van der Waals surface area contributed by atoms with E-state index in [4.69, 9.17) is 15.9 Å². The lowest BCUT2D eigenvalue weighted by molar-refractivity contribution is -0.138. The summed E-state index contributed by atoms with van der Waals surface area (Å²) < 4.78 is 0. The van der Waals surface area contributed by atoms with E-state index in [0.29, 0.717) is 0 Å². The molecule has 0 aliphatic carbocycles. The van der Waals surface area contributed by atoms with Gasteiger partial charge in [-0.05, 0) is 12.3 Å². The van der Waals surface area contributed by atoms with Gasteiger partial charge in [-0.25, -0.2) is 0 Å². The topological polar surface area (TPSA) is 171 Å². The first-order valence-corrected chi connectivity index (χ1v) is 8.33. The zero-order valence-corrected chi connectivity index (χ0v) is 15.1. The summed E-state index contributed by atoms with van der Waals surface area (Å²) in [4.78, 5) is 46.6. The van der Waals surface area contributed by atoms with Crippen molar-refractivity contribution in [2.45, 2.75) is 38.4 Å². The van der Waals surface area contributed by atoms with Crippen molar-refractivity contribution in [3.05, 3.63) is 0 Å². The summed E-state index contributed by atoms with van der Waals surface area (Å²) in [5.74, 6) is -3.24. The molecule has 3 amide bonds. The molecule has 0 aliphatic heterocycles. The third-order valence-corrected chi connectivity index (χ3v) is 3.47. The minimum atomic E-state index is -1.21. The van der Waals surface area contributed by atoms with Crippen molar-refractivity contribution in [2.24, 2.45) is 11.7 Å². The van der Waals surface area contributed by atoms with Crippen LogP contribution in [-0.2, 0) is 19.2 Å². The van der Waals surface area contributed by atoms with Crippen LogP contribution in [0, 0.1) is 5.92 Å². The molecule has 0 aromatic carbocycles. The van der Waals surface area contributed by atoms with Crippen molar-refractivity contribution >= 4 is 36.3 Å². The number of hydrogen-bond acceptors (Lipinski definition) is 7. The van der Waals surface area contributed by atoms with Crippen molar-refractivity contribution in [2.75, 3.05) is 18.9 Å². The molecule has 0 aromatic rings. The Morgan fingerprint density at radius 3 is 2.04 bits per heavy atom. The largest absolute Gasteiger partial charge is 0.480 e. The molecule has 3 atom stereocenters. The second-order valence-electron chi connectivity index (χ2n) is 5.84. The van der Waals surface area contributed by atoms with Gasteiger partial charge in [0.25, 0.3) is 0 Å². The molecule has 11 heteroatoms. The van der Waals surface area contributed by atoms with Crippen molar-refractivity contribution in [3.8, 4) is 0 Å². The van der Waals surface area contributed by atoms with E-state index in [1.165, 1.54) is 0 Å². The number of thiol groups is 1. The highest BCUT2D eigenvalue weighted by Crippen LogP contribution is 2.06. The Morgan fingerprint density at radius 2 is 1.60 bits per heavy atom. The fraction of sp³-hybridized carbons (Fsp3) is 0.714. The van der Waals surface area contributed by atoms with Gasteiger partial charge in [0.1, 0.15) is 24.7 Å². The van der Waals surface area contributed by atoms with E-state index >= 15 is 0 Å². The molecular weight excluding hydrogens is 352 g/mol. The van der Waals surface area contributed by atoms with Gasteiger partial charge in [-0.1, -0.05) is 13.8 Å². The van der Waals surface area contributed by atoms with Gasteiger partial charge in [-0.3, -0.25) is 19.2 Å². The van der Waals surface area contributed by atoms with Crippen LogP contribution in [0.1, 0.15) is 20.3 Å². The van der Waals surface area contributed by atoms with E-state index in [-0.39, 0.29) is 18.1 Å². The summed E-state index contributed by atoms with van der Waals surface area (Å²) in [6.45, 7) is 2.52. The lowest BCUT2D eigenvalue weighted by Gasteiger charge is -2.23. The number of carboxylic acids is 1. The van der Waals surface area contributed by atoms with E-state index in [9.17, 15) is 19.2 Å². The minimum Gasteiger partial charge on any atom is -0.480 e. The van der Waals surface area contributed by atoms with Gasteiger partial charge in [0, 0.05) is 5.75 Å². The number of amides is 3. The highest BCUT2D eigenvalue weighted by molar-refractivity contribution is 7.80. The molecule has 25 heavy (non-hydrogen) atoms. The molecule has 0 aromatic heterocycles. The van der Waals surface area contributed by atoms with Gasteiger partial charge in [0.2, 0.25) is 17.7 Å². The molecule has 3 unspecified atom stereocenters. The van der Waals surface area contributed by atoms with Gasteiger partial charge in [0.15, 0.2) is 0 Å². The number of carboxylic acid groups (broad SMARTS) is 1. The molecule has 0 heterocycles. The maximum atomic E-state index is 12.3. The third-order valence-electron chi connectivity index (χ3n) is 3.10. The normalized spacial score (nSPS) is 14.3. The molecule has 144 valence electrons. The Hall–Kier alpha value is -1.85. The van der Waals surface area contributed by atoms with Crippen LogP contribution < -0.4 is 21.7 Å². The number of hydrogen-bond donors (Lipinski definition) is 7. The van der Waals surface area contributed by atoms with Crippen molar-refractivity contribution in [1.82, 2.24) is 16.0 Å². The first-order chi connectivity index (χ1) is 11.6. The van der Waals surface area contributed by atoms with Gasteiger partial charge in [-0.15, -0.1) is 0 Å². The zero-order valence-electron chi connectivity index (χ0n) is 14.2. The van der Waals surface area contributed by atoms with Crippen molar-refractivity contribution in [1.29, 1.82) is 0 Å². The third kappa shape index (κ3) is 9.27. The smallest absolute Gasteiger partial charge is 0.322 e. The number of aliphatic hydroxyl groups is 1. The van der Waals surface area contributed by atoms with Crippen molar-refractivity contribution < 1.29 is 29.4 Å². The molecule has 0 saturated heterocycles. The van der Waals surface area contributed by atoms with Crippen LogP contribution in [0.4, 0.5) is 0 Å². The number of aliphatic hydroxyl groups excluding tert-OH is 1. The summed E-state index contributed by atoms with van der Waals surface area (Å²) in [6.07, 6.45) is 0.278. The van der Waals surface area contributed by atoms with Crippen LogP contribution in [0.15, 0.2) is 0 Å². The van der Waals surface area contributed by atoms with Gasteiger partial charge < -0.3 is 31.9 Å². The molecule has 0 radical (unpaired) electrons. The second kappa shape index (κ2) is 11.7. The van der Waals surface area contributed by atoms with Crippen molar-refractivity contribution in [3.63, 3.8) is 0 Å². The lowest BCUT2D eigenvalue weighted by Crippen LogP contribution is -2.57. The van der Waals surface area contributed by atoms with E-state index in [1.807, 2.05) is 13.8 Å². The lowest BCUT2D eigenvalue weighted by atomic mass is 10.0.